The van der Waals surface area contributed by atoms with Crippen molar-refractivity contribution in [2.75, 3.05) is 20.1 Å². The standard InChI is InChI=1S/C15H25N/c1-16-4-2-3-15(10-16)13-6-11-5-12(8-13)9-14(15)7-11/h11-14H,2-10H2,1H3. The maximum absolute atomic E-state index is 2.63. The number of nitrogens with zero attached hydrogens (tertiary/aromatic N) is 1. The Balaban J connectivity index is 1.67. The van der Waals surface area contributed by atoms with Gasteiger partial charge >= 0.3 is 0 Å². The predicted octanol–water partition coefficient (Wildman–Crippen LogP) is 3.15. The van der Waals surface area contributed by atoms with Crippen LogP contribution < -0.4 is 0 Å². The molecule has 5 rings (SSSR count). The Kier molecular flexibility index (Phi) is 2.02. The van der Waals surface area contributed by atoms with E-state index in [1.165, 1.54) is 19.5 Å². The van der Waals surface area contributed by atoms with E-state index in [-0.39, 0.29) is 0 Å². The summed E-state index contributed by atoms with van der Waals surface area (Å²) in [6.45, 7) is 2.79. The second kappa shape index (κ2) is 3.25. The van der Waals surface area contributed by atoms with E-state index in [1.807, 2.05) is 0 Å². The molecule has 1 saturated heterocycles. The summed E-state index contributed by atoms with van der Waals surface area (Å²) in [4.78, 5) is 2.63. The highest BCUT2D eigenvalue weighted by atomic mass is 15.1. The predicted molar refractivity (Wildman–Crippen MR) is 66.2 cm³/mol. The normalized spacial score (nSPS) is 56.1. The van der Waals surface area contributed by atoms with Crippen LogP contribution in [0.3, 0.4) is 0 Å². The second-order valence-corrected chi connectivity index (χ2v) is 7.38. The van der Waals surface area contributed by atoms with E-state index in [0.29, 0.717) is 0 Å². The summed E-state index contributed by atoms with van der Waals surface area (Å²) in [7, 11) is 2.35. The Hall–Kier alpha value is -0.0400. The lowest BCUT2D eigenvalue weighted by Crippen LogP contribution is -2.58. The van der Waals surface area contributed by atoms with Gasteiger partial charge in [-0.05, 0) is 87.6 Å². The van der Waals surface area contributed by atoms with E-state index in [4.69, 9.17) is 0 Å². The summed E-state index contributed by atoms with van der Waals surface area (Å²) in [5.74, 6) is 4.51. The van der Waals surface area contributed by atoms with Crippen LogP contribution in [0, 0.1) is 29.1 Å². The molecular formula is C15H25N. The summed E-state index contributed by atoms with van der Waals surface area (Å²) >= 11 is 0. The smallest absolute Gasteiger partial charge is 0.00402 e. The molecule has 0 aromatic carbocycles. The molecule has 0 aromatic heterocycles. The first-order chi connectivity index (χ1) is 7.76. The topological polar surface area (TPSA) is 3.24 Å². The summed E-state index contributed by atoms with van der Waals surface area (Å²) < 4.78 is 0. The molecule has 0 amide bonds. The molecule has 0 radical (unpaired) electrons. The molecule has 16 heavy (non-hydrogen) atoms. The van der Waals surface area contributed by atoms with Crippen LogP contribution in [0.5, 0.6) is 0 Å². The van der Waals surface area contributed by atoms with Crippen molar-refractivity contribution >= 4 is 0 Å². The fourth-order valence-electron chi connectivity index (χ4n) is 6.13. The van der Waals surface area contributed by atoms with Gasteiger partial charge in [-0.15, -0.1) is 0 Å². The second-order valence-electron chi connectivity index (χ2n) is 7.38. The highest BCUT2D eigenvalue weighted by Crippen LogP contribution is 2.64. The number of likely N-dealkylation sites (tertiary alicyclic amines) is 1. The Morgan fingerprint density at radius 3 is 2.12 bits per heavy atom. The highest BCUT2D eigenvalue weighted by molar-refractivity contribution is 5.07. The van der Waals surface area contributed by atoms with Crippen molar-refractivity contribution in [3.8, 4) is 0 Å². The summed E-state index contributed by atoms with van der Waals surface area (Å²) in [6, 6.07) is 0. The van der Waals surface area contributed by atoms with Crippen LogP contribution in [0.2, 0.25) is 0 Å². The fraction of sp³-hybridized carbons (Fsp3) is 1.00. The number of hydrogen-bond acceptors (Lipinski definition) is 1. The zero-order chi connectivity index (χ0) is 10.8. The zero-order valence-electron chi connectivity index (χ0n) is 10.6. The van der Waals surface area contributed by atoms with E-state index in [1.54, 1.807) is 38.5 Å². The number of hydrogen-bond donors (Lipinski definition) is 0. The lowest BCUT2D eigenvalue weighted by atomic mass is 9.44. The van der Waals surface area contributed by atoms with Gasteiger partial charge in [0.15, 0.2) is 0 Å². The molecule has 90 valence electrons. The SMILES string of the molecule is CN1CCCC2(C1)C1CC3CC(C1)CC2C3. The van der Waals surface area contributed by atoms with Crippen molar-refractivity contribution in [3.63, 3.8) is 0 Å². The van der Waals surface area contributed by atoms with Gasteiger partial charge < -0.3 is 4.90 Å². The lowest BCUT2D eigenvalue weighted by molar-refractivity contribution is -0.136. The maximum Gasteiger partial charge on any atom is 0.00402 e. The third-order valence-corrected chi connectivity index (χ3v) is 6.51. The van der Waals surface area contributed by atoms with Gasteiger partial charge in [0.1, 0.15) is 0 Å². The van der Waals surface area contributed by atoms with Gasteiger partial charge in [0.25, 0.3) is 0 Å². The van der Waals surface area contributed by atoms with Crippen molar-refractivity contribution in [3.05, 3.63) is 0 Å². The first-order valence-corrected chi connectivity index (χ1v) is 7.45. The minimum absolute atomic E-state index is 0.778. The van der Waals surface area contributed by atoms with E-state index in [9.17, 15) is 0 Å². The largest absolute Gasteiger partial charge is 0.306 e. The van der Waals surface area contributed by atoms with Crippen LogP contribution >= 0.6 is 0 Å². The third-order valence-electron chi connectivity index (χ3n) is 6.51. The van der Waals surface area contributed by atoms with E-state index < -0.39 is 0 Å². The Bertz CT molecular complexity index is 268. The average molecular weight is 219 g/mol. The maximum atomic E-state index is 2.63. The van der Waals surface area contributed by atoms with Crippen LogP contribution in [0.25, 0.3) is 0 Å². The fourth-order valence-corrected chi connectivity index (χ4v) is 6.13. The molecule has 4 aliphatic carbocycles. The van der Waals surface area contributed by atoms with Gasteiger partial charge in [0.05, 0.1) is 0 Å². The van der Waals surface area contributed by atoms with Crippen molar-refractivity contribution in [1.29, 1.82) is 0 Å². The van der Waals surface area contributed by atoms with Crippen molar-refractivity contribution in [1.82, 2.24) is 4.90 Å². The van der Waals surface area contributed by atoms with Gasteiger partial charge in [-0.3, -0.25) is 0 Å². The zero-order valence-corrected chi connectivity index (χ0v) is 10.6. The van der Waals surface area contributed by atoms with E-state index in [2.05, 4.69) is 11.9 Å². The molecule has 0 unspecified atom stereocenters. The van der Waals surface area contributed by atoms with E-state index in [0.717, 1.165) is 29.1 Å². The van der Waals surface area contributed by atoms with Gasteiger partial charge in [-0.25, -0.2) is 0 Å². The summed E-state index contributed by atoms with van der Waals surface area (Å²) in [6.07, 6.45) is 11.0. The van der Waals surface area contributed by atoms with E-state index >= 15 is 0 Å². The molecule has 1 aliphatic heterocycles. The molecule has 5 aliphatic rings. The van der Waals surface area contributed by atoms with Gasteiger partial charge in [0, 0.05) is 6.54 Å². The molecule has 1 spiro atoms. The molecule has 1 nitrogen and oxygen atoms in total. The van der Waals surface area contributed by atoms with Crippen LogP contribution in [0.1, 0.15) is 44.9 Å². The number of rotatable bonds is 0. The van der Waals surface area contributed by atoms with Crippen molar-refractivity contribution in [2.24, 2.45) is 29.1 Å². The van der Waals surface area contributed by atoms with Crippen molar-refractivity contribution < 1.29 is 0 Å². The van der Waals surface area contributed by atoms with Gasteiger partial charge in [-0.1, -0.05) is 0 Å². The Labute approximate surface area is 99.6 Å². The lowest BCUT2D eigenvalue weighted by Gasteiger charge is -2.63. The van der Waals surface area contributed by atoms with Gasteiger partial charge in [-0.2, -0.15) is 0 Å². The molecule has 5 fully saturated rings. The highest BCUT2D eigenvalue weighted by Gasteiger charge is 2.57. The summed E-state index contributed by atoms with van der Waals surface area (Å²) in [5, 5.41) is 0. The first-order valence-electron chi connectivity index (χ1n) is 7.45. The molecule has 1 heterocycles. The first kappa shape index (κ1) is 9.94. The van der Waals surface area contributed by atoms with Crippen LogP contribution in [-0.4, -0.2) is 25.0 Å². The minimum Gasteiger partial charge on any atom is -0.306 e. The third kappa shape index (κ3) is 1.21. The molecule has 4 saturated carbocycles. The van der Waals surface area contributed by atoms with Crippen LogP contribution in [-0.2, 0) is 0 Å². The molecule has 0 atom stereocenters. The quantitative estimate of drug-likeness (QED) is 0.605. The Morgan fingerprint density at radius 1 is 0.938 bits per heavy atom. The number of piperidine rings is 1. The molecular weight excluding hydrogens is 194 g/mol. The summed E-state index contributed by atoms with van der Waals surface area (Å²) in [5.41, 5.74) is 0.778. The van der Waals surface area contributed by atoms with Gasteiger partial charge in [0.2, 0.25) is 0 Å². The average Bonchev–Trinajstić information content (AvgIpc) is 2.25. The Morgan fingerprint density at radius 2 is 1.56 bits per heavy atom. The van der Waals surface area contributed by atoms with Crippen LogP contribution in [0.4, 0.5) is 0 Å². The van der Waals surface area contributed by atoms with Crippen molar-refractivity contribution in [2.45, 2.75) is 44.9 Å². The molecule has 0 N–H and O–H groups in total. The van der Waals surface area contributed by atoms with Crippen LogP contribution in [0.15, 0.2) is 0 Å². The molecule has 0 aromatic rings. The molecule has 4 bridgehead atoms. The molecule has 1 heteroatoms. The minimum atomic E-state index is 0.778. The monoisotopic (exact) mass is 219 g/mol.